The molecule has 0 spiro atoms. The smallest absolute Gasteiger partial charge is 0.0634 e. The molecule has 0 fully saturated rings. The Morgan fingerprint density at radius 1 is 1.32 bits per heavy atom. The summed E-state index contributed by atoms with van der Waals surface area (Å²) in [5, 5.41) is 0. The molecule has 1 heterocycles. The fraction of sp³-hybridized carbons (Fsp3) is 0.625. The minimum absolute atomic E-state index is 0.0594. The minimum atomic E-state index is -0.0594. The van der Waals surface area contributed by atoms with Gasteiger partial charge in [-0.2, -0.15) is 0 Å². The highest BCUT2D eigenvalue weighted by molar-refractivity contribution is 5.30. The maximum absolute atomic E-state index is 5.95. The molecule has 1 aliphatic heterocycles. The molecule has 3 nitrogen and oxygen atoms in total. The zero-order valence-electron chi connectivity index (χ0n) is 12.4. The molecule has 0 bridgehead atoms. The molecule has 2 rings (SSSR count). The largest absolute Gasteiger partial charge is 0.379 e. The van der Waals surface area contributed by atoms with Gasteiger partial charge < -0.3 is 10.5 Å². The standard InChI is InChI=1S/C16H26N2O/c1-16(2,19-3)8-9-18-12-14-7-5-4-6-13(14)10-15(18)11-17/h4-7,15H,8-12,17H2,1-3H3. The number of fused-ring (bicyclic) bond motifs is 1. The molecule has 1 aromatic rings. The topological polar surface area (TPSA) is 38.5 Å². The van der Waals surface area contributed by atoms with E-state index < -0.39 is 0 Å². The highest BCUT2D eigenvalue weighted by atomic mass is 16.5. The van der Waals surface area contributed by atoms with E-state index in [9.17, 15) is 0 Å². The maximum atomic E-state index is 5.95. The SMILES string of the molecule is COC(C)(C)CCN1Cc2ccccc2CC1CN. The molecule has 0 saturated carbocycles. The first-order valence-corrected chi connectivity index (χ1v) is 7.12. The Hall–Kier alpha value is -0.900. The van der Waals surface area contributed by atoms with Crippen LogP contribution in [-0.2, 0) is 17.7 Å². The average molecular weight is 262 g/mol. The van der Waals surface area contributed by atoms with Crippen molar-refractivity contribution in [2.45, 2.75) is 44.9 Å². The fourth-order valence-corrected chi connectivity index (χ4v) is 2.65. The van der Waals surface area contributed by atoms with Crippen molar-refractivity contribution in [1.82, 2.24) is 4.90 Å². The summed E-state index contributed by atoms with van der Waals surface area (Å²) in [6.07, 6.45) is 2.10. The van der Waals surface area contributed by atoms with Gasteiger partial charge in [0.05, 0.1) is 5.60 Å². The van der Waals surface area contributed by atoms with Crippen molar-refractivity contribution in [3.05, 3.63) is 35.4 Å². The molecule has 1 atom stereocenters. The quantitative estimate of drug-likeness (QED) is 0.884. The van der Waals surface area contributed by atoms with Crippen LogP contribution in [0, 0.1) is 0 Å². The molecule has 0 saturated heterocycles. The predicted molar refractivity (Wildman–Crippen MR) is 79.1 cm³/mol. The average Bonchev–Trinajstić information content (AvgIpc) is 2.44. The van der Waals surface area contributed by atoms with E-state index in [1.54, 1.807) is 7.11 Å². The lowest BCUT2D eigenvalue weighted by molar-refractivity contribution is 0.00230. The third kappa shape index (κ3) is 3.56. The molecule has 0 aromatic heterocycles. The molecular formula is C16H26N2O. The van der Waals surface area contributed by atoms with Crippen LogP contribution in [0.15, 0.2) is 24.3 Å². The van der Waals surface area contributed by atoms with E-state index >= 15 is 0 Å². The number of rotatable bonds is 5. The first-order valence-electron chi connectivity index (χ1n) is 7.12. The van der Waals surface area contributed by atoms with Gasteiger partial charge in [-0.1, -0.05) is 24.3 Å². The number of hydrogen-bond donors (Lipinski definition) is 1. The van der Waals surface area contributed by atoms with E-state index in [2.05, 4.69) is 43.0 Å². The van der Waals surface area contributed by atoms with Crippen LogP contribution in [0.1, 0.15) is 31.4 Å². The van der Waals surface area contributed by atoms with E-state index in [0.717, 1.165) is 32.5 Å². The van der Waals surface area contributed by atoms with Crippen molar-refractivity contribution < 1.29 is 4.74 Å². The van der Waals surface area contributed by atoms with Gasteiger partial charge in [-0.15, -0.1) is 0 Å². The summed E-state index contributed by atoms with van der Waals surface area (Å²) in [4.78, 5) is 2.50. The number of benzene rings is 1. The molecule has 1 aromatic carbocycles. The van der Waals surface area contributed by atoms with Gasteiger partial charge in [0, 0.05) is 32.8 Å². The number of nitrogens with two attached hydrogens (primary N) is 1. The summed E-state index contributed by atoms with van der Waals surface area (Å²) in [6.45, 7) is 7.06. The predicted octanol–water partition coefficient (Wildman–Crippen LogP) is 2.19. The summed E-state index contributed by atoms with van der Waals surface area (Å²) in [5.74, 6) is 0. The van der Waals surface area contributed by atoms with Gasteiger partial charge in [-0.05, 0) is 37.8 Å². The molecule has 1 aliphatic rings. The van der Waals surface area contributed by atoms with Crippen LogP contribution in [0.3, 0.4) is 0 Å². The monoisotopic (exact) mass is 262 g/mol. The van der Waals surface area contributed by atoms with Crippen molar-refractivity contribution >= 4 is 0 Å². The van der Waals surface area contributed by atoms with Crippen LogP contribution < -0.4 is 5.73 Å². The van der Waals surface area contributed by atoms with Crippen LogP contribution in [0.4, 0.5) is 0 Å². The molecule has 19 heavy (non-hydrogen) atoms. The molecule has 1 unspecified atom stereocenters. The van der Waals surface area contributed by atoms with Crippen LogP contribution in [0.5, 0.6) is 0 Å². The lowest BCUT2D eigenvalue weighted by Crippen LogP contribution is -2.46. The Morgan fingerprint density at radius 3 is 2.63 bits per heavy atom. The zero-order valence-corrected chi connectivity index (χ0v) is 12.4. The molecule has 0 amide bonds. The van der Waals surface area contributed by atoms with Gasteiger partial charge in [0.25, 0.3) is 0 Å². The first kappa shape index (κ1) is 14.5. The van der Waals surface area contributed by atoms with Crippen LogP contribution >= 0.6 is 0 Å². The fourth-order valence-electron chi connectivity index (χ4n) is 2.65. The Bertz CT molecular complexity index is 417. The van der Waals surface area contributed by atoms with E-state index in [1.165, 1.54) is 11.1 Å². The van der Waals surface area contributed by atoms with E-state index in [-0.39, 0.29) is 5.60 Å². The molecule has 0 aliphatic carbocycles. The van der Waals surface area contributed by atoms with Gasteiger partial charge in [0.15, 0.2) is 0 Å². The maximum Gasteiger partial charge on any atom is 0.0634 e. The van der Waals surface area contributed by atoms with Crippen LogP contribution in [-0.4, -0.2) is 36.7 Å². The Labute approximate surface area is 116 Å². The Balaban J connectivity index is 2.04. The Kier molecular flexibility index (Phi) is 4.61. The number of hydrogen-bond acceptors (Lipinski definition) is 3. The van der Waals surface area contributed by atoms with Crippen molar-refractivity contribution in [2.24, 2.45) is 5.73 Å². The van der Waals surface area contributed by atoms with Crippen molar-refractivity contribution in [3.8, 4) is 0 Å². The van der Waals surface area contributed by atoms with Crippen LogP contribution in [0.2, 0.25) is 0 Å². The molecule has 2 N–H and O–H groups in total. The molecule has 3 heteroatoms. The second kappa shape index (κ2) is 6.04. The normalized spacial score (nSPS) is 20.3. The van der Waals surface area contributed by atoms with Crippen LogP contribution in [0.25, 0.3) is 0 Å². The summed E-state index contributed by atoms with van der Waals surface area (Å²) in [7, 11) is 1.78. The molecular weight excluding hydrogens is 236 g/mol. The van der Waals surface area contributed by atoms with Gasteiger partial charge in [0.1, 0.15) is 0 Å². The zero-order chi connectivity index (χ0) is 13.9. The van der Waals surface area contributed by atoms with Crippen molar-refractivity contribution in [2.75, 3.05) is 20.2 Å². The van der Waals surface area contributed by atoms with Gasteiger partial charge in [-0.3, -0.25) is 4.90 Å². The highest BCUT2D eigenvalue weighted by Crippen LogP contribution is 2.24. The van der Waals surface area contributed by atoms with Gasteiger partial charge in [0.2, 0.25) is 0 Å². The Morgan fingerprint density at radius 2 is 2.00 bits per heavy atom. The summed E-state index contributed by atoms with van der Waals surface area (Å²) < 4.78 is 5.51. The van der Waals surface area contributed by atoms with E-state index in [0.29, 0.717) is 6.04 Å². The molecule has 0 radical (unpaired) electrons. The van der Waals surface area contributed by atoms with Gasteiger partial charge in [-0.25, -0.2) is 0 Å². The number of nitrogens with zero attached hydrogens (tertiary/aromatic N) is 1. The van der Waals surface area contributed by atoms with E-state index in [1.807, 2.05) is 0 Å². The highest BCUT2D eigenvalue weighted by Gasteiger charge is 2.26. The second-order valence-electron chi connectivity index (χ2n) is 6.05. The number of ether oxygens (including phenoxy) is 1. The summed E-state index contributed by atoms with van der Waals surface area (Å²) >= 11 is 0. The third-order valence-corrected chi connectivity index (χ3v) is 4.29. The van der Waals surface area contributed by atoms with E-state index in [4.69, 9.17) is 10.5 Å². The summed E-state index contributed by atoms with van der Waals surface area (Å²) in [5.41, 5.74) is 8.80. The minimum Gasteiger partial charge on any atom is -0.379 e. The van der Waals surface area contributed by atoms with Gasteiger partial charge >= 0.3 is 0 Å². The third-order valence-electron chi connectivity index (χ3n) is 4.29. The lowest BCUT2D eigenvalue weighted by Gasteiger charge is -2.38. The number of methoxy groups -OCH3 is 1. The first-order chi connectivity index (χ1) is 9.05. The summed E-state index contributed by atoms with van der Waals surface area (Å²) in [6, 6.07) is 9.17. The van der Waals surface area contributed by atoms with Crippen molar-refractivity contribution in [3.63, 3.8) is 0 Å². The van der Waals surface area contributed by atoms with Crippen molar-refractivity contribution in [1.29, 1.82) is 0 Å². The lowest BCUT2D eigenvalue weighted by atomic mass is 9.93. The second-order valence-corrected chi connectivity index (χ2v) is 6.05. The molecule has 106 valence electrons.